The van der Waals surface area contributed by atoms with Crippen molar-refractivity contribution in [2.24, 2.45) is 5.92 Å². The van der Waals surface area contributed by atoms with E-state index in [1.165, 1.54) is 19.3 Å². The number of hydrogen-bond acceptors (Lipinski definition) is 2. The summed E-state index contributed by atoms with van der Waals surface area (Å²) >= 11 is 0. The molecule has 0 aromatic rings. The van der Waals surface area contributed by atoms with Crippen molar-refractivity contribution >= 4 is 0 Å². The van der Waals surface area contributed by atoms with Gasteiger partial charge in [-0.05, 0) is 44.9 Å². The van der Waals surface area contributed by atoms with Gasteiger partial charge in [-0.3, -0.25) is 0 Å². The van der Waals surface area contributed by atoms with Crippen molar-refractivity contribution < 1.29 is 5.11 Å². The molecule has 3 atom stereocenters. The van der Waals surface area contributed by atoms with Crippen LogP contribution in [0.4, 0.5) is 0 Å². The average molecular weight is 185 g/mol. The Morgan fingerprint density at radius 3 is 2.77 bits per heavy atom. The minimum atomic E-state index is 0.326. The molecule has 0 bridgehead atoms. The molecule has 1 aliphatic carbocycles. The van der Waals surface area contributed by atoms with Crippen LogP contribution in [0.5, 0.6) is 0 Å². The molecule has 0 aromatic heterocycles. The van der Waals surface area contributed by atoms with Gasteiger partial charge in [0.25, 0.3) is 0 Å². The van der Waals surface area contributed by atoms with E-state index in [9.17, 15) is 0 Å². The van der Waals surface area contributed by atoms with E-state index in [0.717, 1.165) is 24.8 Å². The first-order valence-electron chi connectivity index (χ1n) is 5.59. The Labute approximate surface area is 81.7 Å². The zero-order chi connectivity index (χ0) is 9.68. The Kier molecular flexibility index (Phi) is 4.74. The fourth-order valence-corrected chi connectivity index (χ4v) is 2.24. The fourth-order valence-electron chi connectivity index (χ4n) is 2.24. The van der Waals surface area contributed by atoms with Gasteiger partial charge in [-0.25, -0.2) is 0 Å². The molecular weight excluding hydrogens is 162 g/mol. The van der Waals surface area contributed by atoms with E-state index in [-0.39, 0.29) is 0 Å². The Balaban J connectivity index is 2.09. The van der Waals surface area contributed by atoms with E-state index >= 15 is 0 Å². The van der Waals surface area contributed by atoms with Crippen molar-refractivity contribution in [2.75, 3.05) is 6.61 Å². The molecule has 1 saturated carbocycles. The molecule has 0 aliphatic heterocycles. The van der Waals surface area contributed by atoms with Crippen LogP contribution in [0.15, 0.2) is 0 Å². The SMILES string of the molecule is C[C@H]1CC[C@@H](N[C@@H](C)CCCO)C1. The largest absolute Gasteiger partial charge is 0.396 e. The molecule has 0 amide bonds. The molecular formula is C11H23NO. The van der Waals surface area contributed by atoms with Crippen LogP contribution in [0.2, 0.25) is 0 Å². The molecule has 0 unspecified atom stereocenters. The van der Waals surface area contributed by atoms with E-state index in [2.05, 4.69) is 19.2 Å². The Morgan fingerprint density at radius 2 is 2.23 bits per heavy atom. The van der Waals surface area contributed by atoms with Gasteiger partial charge in [0.05, 0.1) is 0 Å². The van der Waals surface area contributed by atoms with Crippen LogP contribution >= 0.6 is 0 Å². The van der Waals surface area contributed by atoms with Gasteiger partial charge in [0.15, 0.2) is 0 Å². The number of nitrogens with one attached hydrogen (secondary N) is 1. The molecule has 0 radical (unpaired) electrons. The van der Waals surface area contributed by atoms with Crippen molar-refractivity contribution in [3.05, 3.63) is 0 Å². The maximum atomic E-state index is 8.69. The summed E-state index contributed by atoms with van der Waals surface area (Å²) in [7, 11) is 0. The fraction of sp³-hybridized carbons (Fsp3) is 1.00. The highest BCUT2D eigenvalue weighted by molar-refractivity contribution is 4.80. The van der Waals surface area contributed by atoms with Crippen LogP contribution in [-0.2, 0) is 0 Å². The molecule has 0 aromatic carbocycles. The lowest BCUT2D eigenvalue weighted by Gasteiger charge is -2.18. The first kappa shape index (κ1) is 11.0. The molecule has 1 rings (SSSR count). The highest BCUT2D eigenvalue weighted by atomic mass is 16.2. The predicted octanol–water partition coefficient (Wildman–Crippen LogP) is 1.93. The molecule has 0 spiro atoms. The lowest BCUT2D eigenvalue weighted by Crippen LogP contribution is -2.34. The summed E-state index contributed by atoms with van der Waals surface area (Å²) in [6.45, 7) is 4.88. The molecule has 0 saturated heterocycles. The molecule has 0 heterocycles. The van der Waals surface area contributed by atoms with E-state index in [1.54, 1.807) is 0 Å². The van der Waals surface area contributed by atoms with Crippen LogP contribution in [-0.4, -0.2) is 23.8 Å². The predicted molar refractivity (Wildman–Crippen MR) is 55.7 cm³/mol. The second-order valence-electron chi connectivity index (χ2n) is 4.55. The summed E-state index contributed by atoms with van der Waals surface area (Å²) in [6, 6.07) is 1.31. The number of aliphatic hydroxyl groups excluding tert-OH is 1. The van der Waals surface area contributed by atoms with Gasteiger partial charge in [0, 0.05) is 18.7 Å². The average Bonchev–Trinajstić information content (AvgIpc) is 2.48. The van der Waals surface area contributed by atoms with E-state index in [1.807, 2.05) is 0 Å². The molecule has 2 nitrogen and oxygen atoms in total. The molecule has 78 valence electrons. The lowest BCUT2D eigenvalue weighted by atomic mass is 10.1. The highest BCUT2D eigenvalue weighted by Crippen LogP contribution is 2.25. The van der Waals surface area contributed by atoms with Gasteiger partial charge in [0.2, 0.25) is 0 Å². The van der Waals surface area contributed by atoms with Crippen LogP contribution in [0.25, 0.3) is 0 Å². The zero-order valence-corrected chi connectivity index (χ0v) is 8.92. The van der Waals surface area contributed by atoms with Gasteiger partial charge < -0.3 is 10.4 Å². The number of aliphatic hydroxyl groups is 1. The highest BCUT2D eigenvalue weighted by Gasteiger charge is 2.21. The zero-order valence-electron chi connectivity index (χ0n) is 8.92. The summed E-state index contributed by atoms with van der Waals surface area (Å²) in [6.07, 6.45) is 6.08. The third-order valence-electron chi connectivity index (χ3n) is 3.01. The Bertz CT molecular complexity index is 138. The van der Waals surface area contributed by atoms with Crippen LogP contribution < -0.4 is 5.32 Å². The standard InChI is InChI=1S/C11H23NO/c1-9-5-6-11(8-9)12-10(2)4-3-7-13/h9-13H,3-8H2,1-2H3/t9-,10-,11+/m0/s1. The minimum absolute atomic E-state index is 0.326. The van der Waals surface area contributed by atoms with Gasteiger partial charge in [-0.1, -0.05) is 6.92 Å². The second kappa shape index (κ2) is 5.61. The number of rotatable bonds is 5. The van der Waals surface area contributed by atoms with E-state index in [0.29, 0.717) is 12.6 Å². The second-order valence-corrected chi connectivity index (χ2v) is 4.55. The third kappa shape index (κ3) is 4.10. The molecule has 2 heteroatoms. The molecule has 1 fully saturated rings. The smallest absolute Gasteiger partial charge is 0.0431 e. The monoisotopic (exact) mass is 185 g/mol. The summed E-state index contributed by atoms with van der Waals surface area (Å²) in [4.78, 5) is 0. The normalized spacial score (nSPS) is 30.7. The van der Waals surface area contributed by atoms with E-state index in [4.69, 9.17) is 5.11 Å². The Hall–Kier alpha value is -0.0800. The van der Waals surface area contributed by atoms with Gasteiger partial charge in [-0.2, -0.15) is 0 Å². The van der Waals surface area contributed by atoms with Crippen LogP contribution in [0.1, 0.15) is 46.0 Å². The van der Waals surface area contributed by atoms with E-state index < -0.39 is 0 Å². The minimum Gasteiger partial charge on any atom is -0.396 e. The Morgan fingerprint density at radius 1 is 1.46 bits per heavy atom. The number of hydrogen-bond donors (Lipinski definition) is 2. The van der Waals surface area contributed by atoms with Crippen molar-refractivity contribution in [1.82, 2.24) is 5.32 Å². The van der Waals surface area contributed by atoms with Crippen molar-refractivity contribution in [3.63, 3.8) is 0 Å². The van der Waals surface area contributed by atoms with Gasteiger partial charge in [-0.15, -0.1) is 0 Å². The first-order chi connectivity index (χ1) is 6.22. The summed E-state index contributed by atoms with van der Waals surface area (Å²) < 4.78 is 0. The maximum absolute atomic E-state index is 8.69. The molecule has 1 aliphatic rings. The third-order valence-corrected chi connectivity index (χ3v) is 3.01. The van der Waals surface area contributed by atoms with Gasteiger partial charge in [0.1, 0.15) is 0 Å². The van der Waals surface area contributed by atoms with Crippen LogP contribution in [0.3, 0.4) is 0 Å². The quantitative estimate of drug-likeness (QED) is 0.686. The topological polar surface area (TPSA) is 32.3 Å². The van der Waals surface area contributed by atoms with Crippen LogP contribution in [0, 0.1) is 5.92 Å². The molecule has 2 N–H and O–H groups in total. The molecule has 13 heavy (non-hydrogen) atoms. The van der Waals surface area contributed by atoms with Crippen molar-refractivity contribution in [2.45, 2.75) is 58.0 Å². The summed E-state index contributed by atoms with van der Waals surface area (Å²) in [5, 5.41) is 12.3. The maximum Gasteiger partial charge on any atom is 0.0431 e. The van der Waals surface area contributed by atoms with Gasteiger partial charge >= 0.3 is 0 Å². The lowest BCUT2D eigenvalue weighted by molar-refractivity contribution is 0.273. The summed E-state index contributed by atoms with van der Waals surface area (Å²) in [5.41, 5.74) is 0. The first-order valence-corrected chi connectivity index (χ1v) is 5.59. The van der Waals surface area contributed by atoms with Crippen molar-refractivity contribution in [1.29, 1.82) is 0 Å². The summed E-state index contributed by atoms with van der Waals surface area (Å²) in [5.74, 6) is 0.905. The van der Waals surface area contributed by atoms with Crippen molar-refractivity contribution in [3.8, 4) is 0 Å².